The number of rotatable bonds is 2. The molecule has 140 valence electrons. The second kappa shape index (κ2) is 5.84. The highest BCUT2D eigenvalue weighted by Crippen LogP contribution is 2.66. The van der Waals surface area contributed by atoms with Crippen molar-refractivity contribution in [3.8, 4) is 0 Å². The first-order valence-corrected chi connectivity index (χ1v) is 10.3. The van der Waals surface area contributed by atoms with Crippen LogP contribution in [0.1, 0.15) is 72.1 Å². The second-order valence-electron chi connectivity index (χ2n) is 10.1. The molecular weight excluding hydrogens is 312 g/mol. The number of hydrogen-bond donors (Lipinski definition) is 2. The molecule has 4 aliphatic carbocycles. The molecule has 3 heteroatoms. The van der Waals surface area contributed by atoms with Crippen molar-refractivity contribution in [2.45, 2.75) is 78.2 Å². The Bertz CT molecular complexity index is 596. The van der Waals surface area contributed by atoms with E-state index in [0.29, 0.717) is 30.1 Å². The standard InChI is InChI=1S/C22H34O3/c1-13-12-22(3)14(10-19(13)23)4-6-16-17-7-5-15(11-20(24)25)21(17,2)9-8-18(16)22/h4,13,15-19,23H,5-12H2,1-3H3,(H,24,25)/t13-,15?,16+,17+,18+,19-,21-,22+/m1/s1. The van der Waals surface area contributed by atoms with Gasteiger partial charge in [0.25, 0.3) is 0 Å². The molecule has 1 unspecified atom stereocenters. The second-order valence-corrected chi connectivity index (χ2v) is 10.1. The number of carboxylic acid groups (broad SMARTS) is 1. The monoisotopic (exact) mass is 346 g/mol. The van der Waals surface area contributed by atoms with Gasteiger partial charge in [0.15, 0.2) is 0 Å². The van der Waals surface area contributed by atoms with E-state index in [-0.39, 0.29) is 16.9 Å². The molecule has 0 aliphatic heterocycles. The van der Waals surface area contributed by atoms with Crippen LogP contribution in [0.3, 0.4) is 0 Å². The summed E-state index contributed by atoms with van der Waals surface area (Å²) in [5.41, 5.74) is 2.00. The Balaban J connectivity index is 1.62. The average molecular weight is 347 g/mol. The van der Waals surface area contributed by atoms with Crippen LogP contribution in [0.25, 0.3) is 0 Å². The number of allylic oxidation sites excluding steroid dienone is 1. The van der Waals surface area contributed by atoms with Crippen molar-refractivity contribution in [1.82, 2.24) is 0 Å². The molecule has 3 saturated carbocycles. The number of aliphatic hydroxyl groups is 1. The largest absolute Gasteiger partial charge is 0.481 e. The molecule has 0 bridgehead atoms. The molecule has 0 spiro atoms. The van der Waals surface area contributed by atoms with E-state index in [4.69, 9.17) is 0 Å². The lowest BCUT2D eigenvalue weighted by molar-refractivity contribution is -0.140. The number of carboxylic acids is 1. The number of aliphatic carboxylic acids is 1. The quantitative estimate of drug-likeness (QED) is 0.716. The van der Waals surface area contributed by atoms with Crippen molar-refractivity contribution in [3.05, 3.63) is 11.6 Å². The van der Waals surface area contributed by atoms with Crippen LogP contribution in [-0.4, -0.2) is 22.3 Å². The van der Waals surface area contributed by atoms with Crippen molar-refractivity contribution in [1.29, 1.82) is 0 Å². The predicted octanol–water partition coefficient (Wildman–Crippen LogP) is 4.65. The molecular formula is C22H34O3. The molecule has 2 N–H and O–H groups in total. The fourth-order valence-corrected chi connectivity index (χ4v) is 7.64. The van der Waals surface area contributed by atoms with Gasteiger partial charge in [0.1, 0.15) is 0 Å². The minimum Gasteiger partial charge on any atom is -0.481 e. The van der Waals surface area contributed by atoms with E-state index in [2.05, 4.69) is 26.8 Å². The Morgan fingerprint density at radius 1 is 1.24 bits per heavy atom. The van der Waals surface area contributed by atoms with Gasteiger partial charge in [0.05, 0.1) is 6.10 Å². The first kappa shape index (κ1) is 17.6. The molecule has 0 amide bonds. The number of fused-ring (bicyclic) bond motifs is 5. The van der Waals surface area contributed by atoms with Crippen molar-refractivity contribution < 1.29 is 15.0 Å². The third-order valence-electron chi connectivity index (χ3n) is 9.07. The summed E-state index contributed by atoms with van der Waals surface area (Å²) in [4.78, 5) is 11.3. The van der Waals surface area contributed by atoms with Gasteiger partial charge in [-0.05, 0) is 85.4 Å². The van der Waals surface area contributed by atoms with Gasteiger partial charge in [-0.3, -0.25) is 4.79 Å². The van der Waals surface area contributed by atoms with Gasteiger partial charge in [0.2, 0.25) is 0 Å². The molecule has 3 fully saturated rings. The third kappa shape index (κ3) is 2.52. The highest BCUT2D eigenvalue weighted by molar-refractivity contribution is 5.67. The van der Waals surface area contributed by atoms with Crippen LogP contribution >= 0.6 is 0 Å². The molecule has 25 heavy (non-hydrogen) atoms. The summed E-state index contributed by atoms with van der Waals surface area (Å²) < 4.78 is 0. The molecule has 0 radical (unpaired) electrons. The Morgan fingerprint density at radius 2 is 2.00 bits per heavy atom. The lowest BCUT2D eigenvalue weighted by Crippen LogP contribution is -2.51. The zero-order valence-corrected chi connectivity index (χ0v) is 16.0. The molecule has 0 aromatic heterocycles. The summed E-state index contributed by atoms with van der Waals surface area (Å²) in [5, 5.41) is 19.7. The van der Waals surface area contributed by atoms with E-state index in [9.17, 15) is 15.0 Å². The molecule has 4 rings (SSSR count). The summed E-state index contributed by atoms with van der Waals surface area (Å²) in [5.74, 6) is 2.26. The third-order valence-corrected chi connectivity index (χ3v) is 9.07. The average Bonchev–Trinajstić information content (AvgIpc) is 2.85. The van der Waals surface area contributed by atoms with Crippen molar-refractivity contribution in [2.75, 3.05) is 0 Å². The minimum atomic E-state index is -0.623. The van der Waals surface area contributed by atoms with E-state index < -0.39 is 5.97 Å². The normalized spacial score (nSPS) is 51.9. The van der Waals surface area contributed by atoms with E-state index in [1.54, 1.807) is 0 Å². The lowest BCUT2D eigenvalue weighted by Gasteiger charge is -2.58. The maximum atomic E-state index is 11.3. The first-order valence-electron chi connectivity index (χ1n) is 10.3. The summed E-state index contributed by atoms with van der Waals surface area (Å²) in [7, 11) is 0. The predicted molar refractivity (Wildman–Crippen MR) is 98.0 cm³/mol. The van der Waals surface area contributed by atoms with Gasteiger partial charge >= 0.3 is 5.97 Å². The highest BCUT2D eigenvalue weighted by atomic mass is 16.4. The molecule has 0 aromatic rings. The highest BCUT2D eigenvalue weighted by Gasteiger charge is 2.59. The van der Waals surface area contributed by atoms with E-state index in [1.165, 1.54) is 24.8 Å². The fourth-order valence-electron chi connectivity index (χ4n) is 7.64. The van der Waals surface area contributed by atoms with Crippen LogP contribution in [0.2, 0.25) is 0 Å². The number of hydrogen-bond acceptors (Lipinski definition) is 2. The summed E-state index contributed by atoms with van der Waals surface area (Å²) in [6.07, 6.45) is 10.5. The van der Waals surface area contributed by atoms with Crippen molar-refractivity contribution >= 4 is 5.97 Å². The zero-order chi connectivity index (χ0) is 18.0. The Labute approximate surface area is 151 Å². The fraction of sp³-hybridized carbons (Fsp3) is 0.864. The Kier molecular flexibility index (Phi) is 4.10. The summed E-state index contributed by atoms with van der Waals surface area (Å²) >= 11 is 0. The van der Waals surface area contributed by atoms with Gasteiger partial charge in [-0.15, -0.1) is 0 Å². The smallest absolute Gasteiger partial charge is 0.303 e. The van der Waals surface area contributed by atoms with Crippen molar-refractivity contribution in [3.63, 3.8) is 0 Å². The minimum absolute atomic E-state index is 0.170. The van der Waals surface area contributed by atoms with Crippen LogP contribution in [0.4, 0.5) is 0 Å². The number of aliphatic hydroxyl groups excluding tert-OH is 1. The van der Waals surface area contributed by atoms with Crippen LogP contribution < -0.4 is 0 Å². The topological polar surface area (TPSA) is 57.5 Å². The van der Waals surface area contributed by atoms with Gasteiger partial charge < -0.3 is 10.2 Å². The van der Waals surface area contributed by atoms with Gasteiger partial charge in [0, 0.05) is 6.42 Å². The SMILES string of the molecule is C[C@@H]1C[C@@]2(C)C(=CC[C@@H]3[C@@H]2CC[C@]2(C)C(CC(=O)O)CC[C@@H]32)C[C@H]1O. The van der Waals surface area contributed by atoms with E-state index in [0.717, 1.165) is 31.6 Å². The lowest BCUT2D eigenvalue weighted by atomic mass is 9.46. The molecule has 4 aliphatic rings. The maximum absolute atomic E-state index is 11.3. The van der Waals surface area contributed by atoms with Gasteiger partial charge in [-0.2, -0.15) is 0 Å². The maximum Gasteiger partial charge on any atom is 0.303 e. The van der Waals surface area contributed by atoms with Crippen LogP contribution in [0.15, 0.2) is 11.6 Å². The molecule has 8 atom stereocenters. The molecule has 0 aromatic carbocycles. The van der Waals surface area contributed by atoms with Crippen molar-refractivity contribution in [2.24, 2.45) is 40.4 Å². The summed E-state index contributed by atoms with van der Waals surface area (Å²) in [6.45, 7) is 7.06. The first-order chi connectivity index (χ1) is 11.8. The van der Waals surface area contributed by atoms with E-state index in [1.807, 2.05) is 0 Å². The van der Waals surface area contributed by atoms with Crippen LogP contribution in [-0.2, 0) is 4.79 Å². The Hall–Kier alpha value is -0.830. The van der Waals surface area contributed by atoms with E-state index >= 15 is 0 Å². The van der Waals surface area contributed by atoms with Gasteiger partial charge in [-0.25, -0.2) is 0 Å². The summed E-state index contributed by atoms with van der Waals surface area (Å²) in [6, 6.07) is 0. The zero-order valence-electron chi connectivity index (χ0n) is 16.0. The Morgan fingerprint density at radius 3 is 2.72 bits per heavy atom. The van der Waals surface area contributed by atoms with Crippen LogP contribution in [0, 0.1) is 40.4 Å². The molecule has 0 heterocycles. The molecule has 3 nitrogen and oxygen atoms in total. The molecule has 0 saturated heterocycles. The van der Waals surface area contributed by atoms with Crippen LogP contribution in [0.5, 0.6) is 0 Å². The van der Waals surface area contributed by atoms with Gasteiger partial charge in [-0.1, -0.05) is 32.4 Å². The number of carbonyl (C=O) groups is 1.